The van der Waals surface area contributed by atoms with Crippen LogP contribution in [0.25, 0.3) is 0 Å². The third kappa shape index (κ3) is 3.94. The SMILES string of the molecule is C=C1O[C@H](c2ccoc2)C[C@]2(C)[C@H]3C(=O)C(OC(=O)c4ccccc4OC)=C[C@@H](C(=O)OC)[C@]3(C)CC[C@@H]12. The molecule has 3 aliphatic rings. The fraction of sp³-hybridized carbons (Fsp3) is 0.433. The van der Waals surface area contributed by atoms with Crippen LogP contribution in [0.3, 0.4) is 0 Å². The van der Waals surface area contributed by atoms with Crippen molar-refractivity contribution in [2.75, 3.05) is 14.2 Å². The lowest BCUT2D eigenvalue weighted by molar-refractivity contribution is -0.174. The largest absolute Gasteiger partial charge is 0.496 e. The lowest BCUT2D eigenvalue weighted by Crippen LogP contribution is -2.60. The number of carbonyl (C=O) groups is 3. The zero-order valence-electron chi connectivity index (χ0n) is 22.0. The molecule has 2 fully saturated rings. The van der Waals surface area contributed by atoms with Crippen LogP contribution in [0.15, 0.2) is 71.4 Å². The van der Waals surface area contributed by atoms with Gasteiger partial charge in [0.15, 0.2) is 5.76 Å². The maximum atomic E-state index is 14.3. The van der Waals surface area contributed by atoms with Crippen LogP contribution >= 0.6 is 0 Å². The summed E-state index contributed by atoms with van der Waals surface area (Å²) in [7, 11) is 2.78. The summed E-state index contributed by atoms with van der Waals surface area (Å²) < 4.78 is 27.7. The molecule has 6 atom stereocenters. The molecule has 8 nitrogen and oxygen atoms in total. The molecule has 1 aromatic heterocycles. The number of carbonyl (C=O) groups excluding carboxylic acids is 3. The Morgan fingerprint density at radius 2 is 1.87 bits per heavy atom. The lowest BCUT2D eigenvalue weighted by Gasteiger charge is -2.60. The number of esters is 2. The molecule has 200 valence electrons. The molecule has 38 heavy (non-hydrogen) atoms. The molecule has 2 aliphatic carbocycles. The predicted octanol–water partition coefficient (Wildman–Crippen LogP) is 5.41. The number of para-hydroxylation sites is 1. The van der Waals surface area contributed by atoms with E-state index in [-0.39, 0.29) is 29.1 Å². The average Bonchev–Trinajstić information content (AvgIpc) is 3.44. The van der Waals surface area contributed by atoms with Gasteiger partial charge < -0.3 is 23.4 Å². The molecule has 0 unspecified atom stereocenters. The van der Waals surface area contributed by atoms with Gasteiger partial charge in [0.2, 0.25) is 5.78 Å². The zero-order valence-corrected chi connectivity index (χ0v) is 22.0. The van der Waals surface area contributed by atoms with Crippen molar-refractivity contribution in [2.24, 2.45) is 28.6 Å². The Bertz CT molecular complexity index is 1310. The van der Waals surface area contributed by atoms with Crippen molar-refractivity contribution >= 4 is 17.7 Å². The van der Waals surface area contributed by atoms with Gasteiger partial charge in [-0.3, -0.25) is 9.59 Å². The smallest absolute Gasteiger partial charge is 0.347 e. The third-order valence-corrected chi connectivity index (χ3v) is 8.83. The number of furan rings is 1. The van der Waals surface area contributed by atoms with Gasteiger partial charge in [0, 0.05) is 17.4 Å². The Balaban J connectivity index is 1.57. The molecule has 0 amide bonds. The van der Waals surface area contributed by atoms with Gasteiger partial charge in [0.25, 0.3) is 0 Å². The molecule has 2 aromatic rings. The first-order valence-electron chi connectivity index (χ1n) is 12.7. The summed E-state index contributed by atoms with van der Waals surface area (Å²) in [6, 6.07) is 8.45. The maximum Gasteiger partial charge on any atom is 0.347 e. The molecule has 1 saturated heterocycles. The normalized spacial score (nSPS) is 32.3. The average molecular weight is 521 g/mol. The summed E-state index contributed by atoms with van der Waals surface area (Å²) in [5.74, 6) is -2.30. The van der Waals surface area contributed by atoms with Crippen molar-refractivity contribution in [3.63, 3.8) is 0 Å². The van der Waals surface area contributed by atoms with Gasteiger partial charge in [0.05, 0.1) is 38.4 Å². The molecule has 8 heteroatoms. The number of methoxy groups -OCH3 is 2. The van der Waals surface area contributed by atoms with E-state index in [4.69, 9.17) is 23.4 Å². The van der Waals surface area contributed by atoms with E-state index < -0.39 is 34.6 Å². The summed E-state index contributed by atoms with van der Waals surface area (Å²) in [4.78, 5) is 40.6. The Kier molecular flexibility index (Phi) is 6.45. The third-order valence-electron chi connectivity index (χ3n) is 8.83. The molecule has 1 aliphatic heterocycles. The van der Waals surface area contributed by atoms with E-state index in [0.29, 0.717) is 30.8 Å². The van der Waals surface area contributed by atoms with E-state index in [1.165, 1.54) is 20.3 Å². The van der Waals surface area contributed by atoms with E-state index in [9.17, 15) is 14.4 Å². The summed E-state index contributed by atoms with van der Waals surface area (Å²) in [5.41, 5.74) is -0.360. The van der Waals surface area contributed by atoms with Gasteiger partial charge in [-0.1, -0.05) is 32.6 Å². The fourth-order valence-corrected chi connectivity index (χ4v) is 7.04. The van der Waals surface area contributed by atoms with E-state index in [1.54, 1.807) is 36.8 Å². The molecular weight excluding hydrogens is 488 g/mol. The molecule has 0 bridgehead atoms. The van der Waals surface area contributed by atoms with Crippen LogP contribution in [0.2, 0.25) is 0 Å². The molecule has 0 radical (unpaired) electrons. The summed E-state index contributed by atoms with van der Waals surface area (Å²) in [6.45, 7) is 8.23. The van der Waals surface area contributed by atoms with Crippen molar-refractivity contribution in [2.45, 2.75) is 39.2 Å². The number of ether oxygens (including phenoxy) is 4. The Morgan fingerprint density at radius 3 is 2.55 bits per heavy atom. The molecule has 1 aromatic carbocycles. The topological polar surface area (TPSA) is 101 Å². The number of hydrogen-bond donors (Lipinski definition) is 0. The van der Waals surface area contributed by atoms with E-state index in [1.807, 2.05) is 13.0 Å². The number of benzene rings is 1. The van der Waals surface area contributed by atoms with E-state index in [0.717, 1.165) is 5.56 Å². The highest BCUT2D eigenvalue weighted by Gasteiger charge is 2.65. The summed E-state index contributed by atoms with van der Waals surface area (Å²) in [6.07, 6.45) is 6.09. The van der Waals surface area contributed by atoms with Crippen LogP contribution in [0.4, 0.5) is 0 Å². The van der Waals surface area contributed by atoms with Gasteiger partial charge in [-0.25, -0.2) is 4.79 Å². The van der Waals surface area contributed by atoms with Gasteiger partial charge in [-0.05, 0) is 54.4 Å². The summed E-state index contributed by atoms with van der Waals surface area (Å²) >= 11 is 0. The molecule has 2 heterocycles. The van der Waals surface area contributed by atoms with Gasteiger partial charge in [-0.2, -0.15) is 0 Å². The number of rotatable bonds is 5. The molecule has 0 N–H and O–H groups in total. The number of ketones is 1. The van der Waals surface area contributed by atoms with Crippen LogP contribution < -0.4 is 4.74 Å². The lowest BCUT2D eigenvalue weighted by atomic mass is 9.44. The zero-order chi connectivity index (χ0) is 27.2. The predicted molar refractivity (Wildman–Crippen MR) is 136 cm³/mol. The number of fused-ring (bicyclic) bond motifs is 3. The van der Waals surface area contributed by atoms with E-state index >= 15 is 0 Å². The van der Waals surface area contributed by atoms with Gasteiger partial charge in [0.1, 0.15) is 17.4 Å². The second kappa shape index (κ2) is 9.49. The highest BCUT2D eigenvalue weighted by molar-refractivity contribution is 6.03. The molecule has 5 rings (SSSR count). The minimum absolute atomic E-state index is 0.116. The quantitative estimate of drug-likeness (QED) is 0.482. The maximum absolute atomic E-state index is 14.3. The summed E-state index contributed by atoms with van der Waals surface area (Å²) in [5, 5.41) is 0. The minimum Gasteiger partial charge on any atom is -0.496 e. The molecular formula is C30H32O8. The van der Waals surface area contributed by atoms with E-state index in [2.05, 4.69) is 13.5 Å². The minimum atomic E-state index is -0.781. The molecule has 0 spiro atoms. The monoisotopic (exact) mass is 520 g/mol. The highest BCUT2D eigenvalue weighted by atomic mass is 16.5. The van der Waals surface area contributed by atoms with Crippen LogP contribution in [0, 0.1) is 28.6 Å². The number of allylic oxidation sites excluding steroid dienone is 2. The van der Waals surface area contributed by atoms with Crippen LogP contribution in [0.1, 0.15) is 55.1 Å². The van der Waals surface area contributed by atoms with Crippen molar-refractivity contribution in [3.8, 4) is 5.75 Å². The van der Waals surface area contributed by atoms with Crippen molar-refractivity contribution in [1.29, 1.82) is 0 Å². The van der Waals surface area contributed by atoms with Crippen molar-refractivity contribution in [1.82, 2.24) is 0 Å². The fourth-order valence-electron chi connectivity index (χ4n) is 7.04. The van der Waals surface area contributed by atoms with Crippen LogP contribution in [0.5, 0.6) is 5.75 Å². The van der Waals surface area contributed by atoms with Crippen molar-refractivity contribution < 1.29 is 37.7 Å². The number of hydrogen-bond acceptors (Lipinski definition) is 8. The van der Waals surface area contributed by atoms with Crippen LogP contribution in [-0.4, -0.2) is 31.9 Å². The Labute approximate surface area is 221 Å². The molecule has 1 saturated carbocycles. The van der Waals surface area contributed by atoms with Crippen molar-refractivity contribution in [3.05, 3.63) is 78.2 Å². The first-order chi connectivity index (χ1) is 18.1. The first-order valence-corrected chi connectivity index (χ1v) is 12.7. The second-order valence-corrected chi connectivity index (χ2v) is 10.9. The highest BCUT2D eigenvalue weighted by Crippen LogP contribution is 2.66. The standard InChI is InChI=1S/C30H32O8/c1-17-20-10-12-29(2)21(28(33)35-5)14-23(38-27(32)19-8-6-7-9-22(19)34-4)25(31)26(29)30(20,3)15-24(37-17)18-11-13-36-16-18/h6-9,11,13-14,16,20-21,24,26H,1,10,12,15H2,2-5H3/t20-,21-,24-,26-,29-,30-/m0/s1. The second-order valence-electron chi connectivity index (χ2n) is 10.9. The number of Topliss-reactive ketones (excluding diaryl/α,β-unsaturated/α-hetero) is 1. The Hall–Kier alpha value is -3.81. The van der Waals surface area contributed by atoms with Crippen LogP contribution in [-0.2, 0) is 23.8 Å². The first kappa shape index (κ1) is 25.8. The van der Waals surface area contributed by atoms with Gasteiger partial charge >= 0.3 is 11.9 Å². The van der Waals surface area contributed by atoms with Gasteiger partial charge in [-0.15, -0.1) is 0 Å². The Morgan fingerprint density at radius 1 is 1.11 bits per heavy atom.